The van der Waals surface area contributed by atoms with E-state index in [2.05, 4.69) is 26.8 Å². The van der Waals surface area contributed by atoms with Crippen LogP contribution in [0.1, 0.15) is 57.8 Å². The van der Waals surface area contributed by atoms with Crippen molar-refractivity contribution in [1.29, 1.82) is 0 Å². The Labute approximate surface area is 126 Å². The molecule has 108 valence electrons. The second-order valence-electron chi connectivity index (χ2n) is 7.24. The molecule has 1 aliphatic rings. The summed E-state index contributed by atoms with van der Waals surface area (Å²) >= 11 is 7.69. The van der Waals surface area contributed by atoms with Crippen molar-refractivity contribution in [1.82, 2.24) is 0 Å². The first kappa shape index (κ1) is 15.3. The molecule has 19 heavy (non-hydrogen) atoms. The highest BCUT2D eigenvalue weighted by atomic mass is 35.5. The molecule has 2 N–H and O–H groups in total. The monoisotopic (exact) mass is 299 g/mol. The van der Waals surface area contributed by atoms with Gasteiger partial charge in [-0.2, -0.15) is 0 Å². The Bertz CT molecular complexity index is 421. The summed E-state index contributed by atoms with van der Waals surface area (Å²) in [6, 6.07) is 4.12. The molecule has 2 rings (SSSR count). The van der Waals surface area contributed by atoms with Crippen LogP contribution in [-0.2, 0) is 6.42 Å². The fourth-order valence-corrected chi connectivity index (χ4v) is 4.51. The van der Waals surface area contributed by atoms with Gasteiger partial charge in [-0.05, 0) is 55.6 Å². The molecule has 0 saturated heterocycles. The van der Waals surface area contributed by atoms with Gasteiger partial charge in [-0.1, -0.05) is 38.8 Å². The molecule has 0 bridgehead atoms. The number of thiophene rings is 1. The van der Waals surface area contributed by atoms with Gasteiger partial charge in [0.2, 0.25) is 0 Å². The minimum Gasteiger partial charge on any atom is -0.325 e. The van der Waals surface area contributed by atoms with Gasteiger partial charge in [-0.25, -0.2) is 0 Å². The molecule has 1 aliphatic carbocycles. The highest BCUT2D eigenvalue weighted by Gasteiger charge is 2.33. The lowest BCUT2D eigenvalue weighted by atomic mass is 9.76. The van der Waals surface area contributed by atoms with Gasteiger partial charge < -0.3 is 5.73 Å². The van der Waals surface area contributed by atoms with Crippen LogP contribution in [0.2, 0.25) is 4.34 Å². The van der Waals surface area contributed by atoms with Gasteiger partial charge in [0, 0.05) is 10.4 Å². The molecule has 1 aromatic rings. The Morgan fingerprint density at radius 3 is 2.63 bits per heavy atom. The molecule has 0 aliphatic heterocycles. The summed E-state index contributed by atoms with van der Waals surface area (Å²) in [5.41, 5.74) is 7.06. The maximum atomic E-state index is 6.67. The van der Waals surface area contributed by atoms with Gasteiger partial charge in [-0.3, -0.25) is 0 Å². The third kappa shape index (κ3) is 4.21. The fraction of sp³-hybridized carbons (Fsp3) is 0.750. The van der Waals surface area contributed by atoms with E-state index in [9.17, 15) is 0 Å². The van der Waals surface area contributed by atoms with Crippen LogP contribution in [0.5, 0.6) is 0 Å². The normalized spacial score (nSPS) is 29.2. The third-order valence-corrected chi connectivity index (χ3v) is 5.83. The van der Waals surface area contributed by atoms with Crippen LogP contribution in [0.4, 0.5) is 0 Å². The van der Waals surface area contributed by atoms with E-state index in [0.29, 0.717) is 5.41 Å². The standard InChI is InChI=1S/C16H26ClNS/c1-15(2,3)12-5-4-9-16(18,10-8-12)11-13-6-7-14(17)19-13/h6-7,12H,4-5,8-11,18H2,1-3H3. The van der Waals surface area contributed by atoms with Crippen LogP contribution in [0, 0.1) is 11.3 Å². The first-order valence-electron chi connectivity index (χ1n) is 7.32. The topological polar surface area (TPSA) is 26.0 Å². The predicted octanol–water partition coefficient (Wildman–Crippen LogP) is 5.27. The van der Waals surface area contributed by atoms with Gasteiger partial charge >= 0.3 is 0 Å². The molecule has 2 atom stereocenters. The second kappa shape index (κ2) is 5.75. The van der Waals surface area contributed by atoms with E-state index in [1.54, 1.807) is 11.3 Å². The van der Waals surface area contributed by atoms with Gasteiger partial charge in [-0.15, -0.1) is 11.3 Å². The van der Waals surface area contributed by atoms with Crippen LogP contribution < -0.4 is 5.73 Å². The lowest BCUT2D eigenvalue weighted by Crippen LogP contribution is -2.41. The minimum absolute atomic E-state index is 0.0197. The maximum absolute atomic E-state index is 6.67. The molecular formula is C16H26ClNS. The Hall–Kier alpha value is -0.0500. The third-order valence-electron chi connectivity index (χ3n) is 4.60. The Morgan fingerprint density at radius 2 is 2.05 bits per heavy atom. The number of rotatable bonds is 2. The summed E-state index contributed by atoms with van der Waals surface area (Å²) in [5.74, 6) is 0.810. The maximum Gasteiger partial charge on any atom is 0.0931 e. The number of nitrogens with two attached hydrogens (primary N) is 1. The van der Waals surface area contributed by atoms with Crippen molar-refractivity contribution in [2.24, 2.45) is 17.1 Å². The van der Waals surface area contributed by atoms with Crippen molar-refractivity contribution < 1.29 is 0 Å². The number of halogens is 1. The molecule has 0 radical (unpaired) electrons. The van der Waals surface area contributed by atoms with Crippen molar-refractivity contribution >= 4 is 22.9 Å². The molecule has 1 heterocycles. The van der Waals surface area contributed by atoms with Crippen molar-refractivity contribution in [3.8, 4) is 0 Å². The Balaban J connectivity index is 2.01. The highest BCUT2D eigenvalue weighted by molar-refractivity contribution is 7.16. The number of hydrogen-bond acceptors (Lipinski definition) is 2. The molecule has 1 fully saturated rings. The number of hydrogen-bond donors (Lipinski definition) is 1. The van der Waals surface area contributed by atoms with Crippen LogP contribution in [0.3, 0.4) is 0 Å². The lowest BCUT2D eigenvalue weighted by Gasteiger charge is -2.31. The molecule has 1 nitrogen and oxygen atoms in total. The zero-order valence-corrected chi connectivity index (χ0v) is 13.9. The van der Waals surface area contributed by atoms with E-state index in [1.807, 2.05) is 6.07 Å². The quantitative estimate of drug-likeness (QED) is 0.740. The van der Waals surface area contributed by atoms with Crippen molar-refractivity contribution in [2.75, 3.05) is 0 Å². The summed E-state index contributed by atoms with van der Waals surface area (Å²) in [7, 11) is 0. The summed E-state index contributed by atoms with van der Waals surface area (Å²) < 4.78 is 0.875. The van der Waals surface area contributed by atoms with E-state index >= 15 is 0 Å². The predicted molar refractivity (Wildman–Crippen MR) is 86.0 cm³/mol. The average Bonchev–Trinajstić information content (AvgIpc) is 2.56. The molecule has 0 spiro atoms. The summed E-state index contributed by atoms with van der Waals surface area (Å²) in [6.07, 6.45) is 7.13. The SMILES string of the molecule is CC(C)(C)C1CCCC(N)(Cc2ccc(Cl)s2)CC1. The van der Waals surface area contributed by atoms with Crippen LogP contribution in [0.15, 0.2) is 12.1 Å². The van der Waals surface area contributed by atoms with Crippen LogP contribution in [0.25, 0.3) is 0 Å². The van der Waals surface area contributed by atoms with Crippen molar-refractivity contribution in [3.63, 3.8) is 0 Å². The molecule has 0 aromatic carbocycles. The first-order valence-corrected chi connectivity index (χ1v) is 8.51. The molecule has 1 saturated carbocycles. The molecule has 3 heteroatoms. The largest absolute Gasteiger partial charge is 0.325 e. The van der Waals surface area contributed by atoms with E-state index in [0.717, 1.165) is 29.5 Å². The fourth-order valence-electron chi connectivity index (χ4n) is 3.27. The van der Waals surface area contributed by atoms with Gasteiger partial charge in [0.25, 0.3) is 0 Å². The smallest absolute Gasteiger partial charge is 0.0931 e. The van der Waals surface area contributed by atoms with Crippen molar-refractivity contribution in [3.05, 3.63) is 21.3 Å². The first-order chi connectivity index (χ1) is 8.78. The van der Waals surface area contributed by atoms with Gasteiger partial charge in [0.15, 0.2) is 0 Å². The van der Waals surface area contributed by atoms with E-state index < -0.39 is 0 Å². The minimum atomic E-state index is -0.0197. The van der Waals surface area contributed by atoms with Crippen LogP contribution in [-0.4, -0.2) is 5.54 Å². The molecule has 1 aromatic heterocycles. The second-order valence-corrected chi connectivity index (χ2v) is 9.04. The summed E-state index contributed by atoms with van der Waals surface area (Å²) in [4.78, 5) is 1.33. The van der Waals surface area contributed by atoms with Gasteiger partial charge in [0.05, 0.1) is 4.34 Å². The van der Waals surface area contributed by atoms with E-state index in [1.165, 1.54) is 24.1 Å². The van der Waals surface area contributed by atoms with E-state index in [4.69, 9.17) is 17.3 Å². The van der Waals surface area contributed by atoms with Crippen molar-refractivity contribution in [2.45, 2.75) is 64.8 Å². The zero-order chi connectivity index (χ0) is 14.1. The average molecular weight is 300 g/mol. The van der Waals surface area contributed by atoms with Gasteiger partial charge in [0.1, 0.15) is 0 Å². The molecular weight excluding hydrogens is 274 g/mol. The Kier molecular flexibility index (Phi) is 4.64. The van der Waals surface area contributed by atoms with Crippen LogP contribution >= 0.6 is 22.9 Å². The summed E-state index contributed by atoms with van der Waals surface area (Å²) in [5, 5.41) is 0. The lowest BCUT2D eigenvalue weighted by molar-refractivity contribution is 0.210. The zero-order valence-electron chi connectivity index (χ0n) is 12.3. The Morgan fingerprint density at radius 1 is 1.32 bits per heavy atom. The molecule has 0 amide bonds. The highest BCUT2D eigenvalue weighted by Crippen LogP contribution is 2.40. The summed E-state index contributed by atoms with van der Waals surface area (Å²) in [6.45, 7) is 7.08. The van der Waals surface area contributed by atoms with E-state index in [-0.39, 0.29) is 5.54 Å². The molecule has 2 unspecified atom stereocenters.